The average Bonchev–Trinajstić information content (AvgIpc) is 2.70. The molecule has 1 heterocycles. The van der Waals surface area contributed by atoms with Crippen LogP contribution in [0, 0.1) is 17.3 Å². The van der Waals surface area contributed by atoms with Gasteiger partial charge in [0.15, 0.2) is 6.10 Å². The number of hydrogen-bond donors (Lipinski definition) is 0. The van der Waals surface area contributed by atoms with E-state index in [1.165, 1.54) is 0 Å². The number of ether oxygens (including phenoxy) is 2. The highest BCUT2D eigenvalue weighted by molar-refractivity contribution is 5.91. The molecule has 1 saturated carbocycles. The third-order valence-corrected chi connectivity index (χ3v) is 4.89. The summed E-state index contributed by atoms with van der Waals surface area (Å²) in [5, 5.41) is 0. The summed E-state index contributed by atoms with van der Waals surface area (Å²) in [5.41, 5.74) is -2.44. The largest absolute Gasteiger partial charge is 0.450 e. The van der Waals surface area contributed by atoms with Crippen molar-refractivity contribution in [3.05, 3.63) is 0 Å². The van der Waals surface area contributed by atoms with Gasteiger partial charge < -0.3 is 9.47 Å². The quantitative estimate of drug-likeness (QED) is 0.746. The van der Waals surface area contributed by atoms with E-state index in [9.17, 15) is 22.8 Å². The third kappa shape index (κ3) is 2.48. The highest BCUT2D eigenvalue weighted by atomic mass is 19.4. The summed E-state index contributed by atoms with van der Waals surface area (Å²) < 4.78 is 49.1. The molecule has 2 fully saturated rings. The predicted octanol–water partition coefficient (Wildman–Crippen LogP) is 3.24. The molecule has 2 bridgehead atoms. The minimum Gasteiger partial charge on any atom is -0.450 e. The Bertz CT molecular complexity index is 484. The van der Waals surface area contributed by atoms with E-state index >= 15 is 0 Å². The molecule has 126 valence electrons. The Morgan fingerprint density at radius 3 is 2.36 bits per heavy atom. The molecule has 0 spiro atoms. The smallest absolute Gasteiger partial charge is 0.425 e. The Labute approximate surface area is 127 Å². The van der Waals surface area contributed by atoms with Gasteiger partial charge in [-0.3, -0.25) is 4.79 Å². The van der Waals surface area contributed by atoms with E-state index in [0.717, 1.165) is 0 Å². The Balaban J connectivity index is 2.22. The summed E-state index contributed by atoms with van der Waals surface area (Å²) in [4.78, 5) is 24.2. The summed E-state index contributed by atoms with van der Waals surface area (Å²) in [5.74, 6) is -2.35. The van der Waals surface area contributed by atoms with Gasteiger partial charge in [0, 0.05) is 5.41 Å². The van der Waals surface area contributed by atoms with Gasteiger partial charge >= 0.3 is 18.1 Å². The zero-order chi connectivity index (χ0) is 16.9. The molecule has 2 rings (SSSR count). The molecule has 0 amide bonds. The van der Waals surface area contributed by atoms with E-state index in [1.807, 2.05) is 0 Å². The molecule has 0 N–H and O–H groups in total. The molecule has 1 saturated heterocycles. The van der Waals surface area contributed by atoms with Crippen molar-refractivity contribution in [1.29, 1.82) is 0 Å². The number of alkyl halides is 3. The number of rotatable bonds is 4. The molecule has 2 aliphatic rings. The van der Waals surface area contributed by atoms with Crippen molar-refractivity contribution < 1.29 is 32.2 Å². The van der Waals surface area contributed by atoms with E-state index in [4.69, 9.17) is 9.47 Å². The van der Waals surface area contributed by atoms with Crippen LogP contribution in [0.4, 0.5) is 13.2 Å². The molecular weight excluding hydrogens is 301 g/mol. The number of esters is 2. The maximum Gasteiger partial charge on any atom is 0.425 e. The van der Waals surface area contributed by atoms with Gasteiger partial charge in [0.25, 0.3) is 0 Å². The molecule has 0 aromatic carbocycles. The van der Waals surface area contributed by atoms with Crippen LogP contribution in [-0.2, 0) is 19.1 Å². The van der Waals surface area contributed by atoms with Gasteiger partial charge in [0.2, 0.25) is 5.60 Å². The Hall–Kier alpha value is -1.27. The summed E-state index contributed by atoms with van der Waals surface area (Å²) in [7, 11) is 0. The van der Waals surface area contributed by atoms with Crippen LogP contribution in [0.3, 0.4) is 0 Å². The minimum absolute atomic E-state index is 0.210. The lowest BCUT2D eigenvalue weighted by Gasteiger charge is -2.34. The topological polar surface area (TPSA) is 52.6 Å². The fraction of sp³-hybridized carbons (Fsp3) is 0.867. The SMILES string of the molecule is CC(C)CC(OC(=O)C12CCC(C(=O)O1)C2(C)C)C(F)(F)F. The van der Waals surface area contributed by atoms with Crippen LogP contribution in [0.1, 0.15) is 47.0 Å². The molecule has 1 aliphatic heterocycles. The van der Waals surface area contributed by atoms with Gasteiger partial charge in [-0.25, -0.2) is 4.79 Å². The van der Waals surface area contributed by atoms with Crippen LogP contribution in [0.15, 0.2) is 0 Å². The number of hydrogen-bond acceptors (Lipinski definition) is 4. The predicted molar refractivity (Wildman–Crippen MR) is 70.7 cm³/mol. The first-order valence-electron chi connectivity index (χ1n) is 7.42. The van der Waals surface area contributed by atoms with Gasteiger partial charge in [-0.15, -0.1) is 0 Å². The van der Waals surface area contributed by atoms with Crippen molar-refractivity contribution in [1.82, 2.24) is 0 Å². The Morgan fingerprint density at radius 2 is 2.00 bits per heavy atom. The number of fused-ring (bicyclic) bond motifs is 2. The zero-order valence-corrected chi connectivity index (χ0v) is 13.1. The van der Waals surface area contributed by atoms with Crippen molar-refractivity contribution in [2.45, 2.75) is 64.8 Å². The fourth-order valence-electron chi connectivity index (χ4n) is 3.46. The first-order chi connectivity index (χ1) is 9.92. The molecule has 22 heavy (non-hydrogen) atoms. The minimum atomic E-state index is -4.64. The van der Waals surface area contributed by atoms with Crippen LogP contribution in [0.2, 0.25) is 0 Å². The van der Waals surface area contributed by atoms with Crippen LogP contribution < -0.4 is 0 Å². The highest BCUT2D eigenvalue weighted by Gasteiger charge is 2.71. The lowest BCUT2D eigenvalue weighted by molar-refractivity contribution is -0.236. The summed E-state index contributed by atoms with van der Waals surface area (Å²) >= 11 is 0. The summed E-state index contributed by atoms with van der Waals surface area (Å²) in [6.45, 7) is 6.58. The van der Waals surface area contributed by atoms with E-state index in [0.29, 0.717) is 6.42 Å². The molecule has 1 aliphatic carbocycles. The zero-order valence-electron chi connectivity index (χ0n) is 13.1. The first-order valence-corrected chi connectivity index (χ1v) is 7.42. The van der Waals surface area contributed by atoms with Crippen LogP contribution >= 0.6 is 0 Å². The molecule has 0 aromatic rings. The second kappa shape index (κ2) is 5.13. The Kier molecular flexibility index (Phi) is 3.99. The van der Waals surface area contributed by atoms with Gasteiger partial charge in [0.1, 0.15) is 0 Å². The van der Waals surface area contributed by atoms with Crippen molar-refractivity contribution in [3.8, 4) is 0 Å². The Morgan fingerprint density at radius 1 is 1.41 bits per heavy atom. The lowest BCUT2D eigenvalue weighted by atomic mass is 9.75. The number of carbonyl (C=O) groups excluding carboxylic acids is 2. The van der Waals surface area contributed by atoms with Gasteiger partial charge in [-0.2, -0.15) is 13.2 Å². The van der Waals surface area contributed by atoms with Crippen molar-refractivity contribution in [3.63, 3.8) is 0 Å². The normalized spacial score (nSPS) is 31.3. The van der Waals surface area contributed by atoms with Crippen molar-refractivity contribution in [2.24, 2.45) is 17.3 Å². The molecule has 0 radical (unpaired) electrons. The molecular formula is C15H21F3O4. The maximum atomic E-state index is 13.1. The molecule has 7 heteroatoms. The lowest BCUT2D eigenvalue weighted by Crippen LogP contribution is -2.50. The van der Waals surface area contributed by atoms with Crippen molar-refractivity contribution in [2.75, 3.05) is 0 Å². The first kappa shape index (κ1) is 17.1. The fourth-order valence-corrected chi connectivity index (χ4v) is 3.46. The summed E-state index contributed by atoms with van der Waals surface area (Å²) in [6, 6.07) is 0. The third-order valence-electron chi connectivity index (χ3n) is 4.89. The molecule has 3 atom stereocenters. The van der Waals surface area contributed by atoms with Gasteiger partial charge in [-0.05, 0) is 25.2 Å². The van der Waals surface area contributed by atoms with E-state index in [-0.39, 0.29) is 18.8 Å². The standard InChI is InChI=1S/C15H21F3O4/c1-8(2)7-10(15(16,17)18)21-12(20)14-6-5-9(11(19)22-14)13(14,3)4/h8-10H,5-7H2,1-4H3. The maximum absolute atomic E-state index is 13.1. The molecule has 0 aromatic heterocycles. The summed E-state index contributed by atoms with van der Waals surface area (Å²) in [6.07, 6.45) is -6.49. The number of halogens is 3. The number of carbonyl (C=O) groups is 2. The molecule has 3 unspecified atom stereocenters. The second-order valence-electron chi connectivity index (χ2n) is 7.13. The molecule has 4 nitrogen and oxygen atoms in total. The van der Waals surface area contributed by atoms with Crippen LogP contribution in [0.25, 0.3) is 0 Å². The monoisotopic (exact) mass is 322 g/mol. The van der Waals surface area contributed by atoms with Crippen LogP contribution in [-0.4, -0.2) is 29.8 Å². The highest BCUT2D eigenvalue weighted by Crippen LogP contribution is 2.59. The second-order valence-corrected chi connectivity index (χ2v) is 7.13. The van der Waals surface area contributed by atoms with Gasteiger partial charge in [-0.1, -0.05) is 27.7 Å². The van der Waals surface area contributed by atoms with E-state index < -0.39 is 41.2 Å². The van der Waals surface area contributed by atoms with Crippen LogP contribution in [0.5, 0.6) is 0 Å². The van der Waals surface area contributed by atoms with Crippen molar-refractivity contribution >= 4 is 11.9 Å². The average molecular weight is 322 g/mol. The van der Waals surface area contributed by atoms with E-state index in [1.54, 1.807) is 27.7 Å². The van der Waals surface area contributed by atoms with Gasteiger partial charge in [0.05, 0.1) is 5.92 Å². The van der Waals surface area contributed by atoms with E-state index in [2.05, 4.69) is 0 Å².